The van der Waals surface area contributed by atoms with Gasteiger partial charge in [-0.25, -0.2) is 4.79 Å². The Morgan fingerprint density at radius 1 is 0.588 bits per heavy atom. The van der Waals surface area contributed by atoms with Crippen molar-refractivity contribution in [3.05, 3.63) is 0 Å². The van der Waals surface area contributed by atoms with Crippen LogP contribution < -0.4 is 24.8 Å². The highest BCUT2D eigenvalue weighted by Crippen LogP contribution is 2.13. The van der Waals surface area contributed by atoms with Crippen LogP contribution in [0, 0.1) is 0 Å². The van der Waals surface area contributed by atoms with Crippen molar-refractivity contribution in [2.24, 2.45) is 0 Å². The van der Waals surface area contributed by atoms with Gasteiger partial charge in [0.2, 0.25) is 15.6 Å². The Labute approximate surface area is 437 Å². The average Bonchev–Trinajstić information content (AvgIpc) is 3.35. The Bertz CT molecular complexity index is 1030. The van der Waals surface area contributed by atoms with Crippen LogP contribution in [0.3, 0.4) is 0 Å². The van der Waals surface area contributed by atoms with Gasteiger partial charge < -0.3 is 64.8 Å². The van der Waals surface area contributed by atoms with Crippen LogP contribution in [0.2, 0.25) is 0 Å². The molecule has 0 fully saturated rings. The van der Waals surface area contributed by atoms with Crippen molar-refractivity contribution in [3.63, 3.8) is 0 Å². The van der Waals surface area contributed by atoms with Gasteiger partial charge in [-0.2, -0.15) is 0 Å². The molecule has 68 heavy (non-hydrogen) atoms. The number of hydrogen-bond donors (Lipinski definition) is 9. The van der Waals surface area contributed by atoms with Crippen molar-refractivity contribution in [1.82, 2.24) is 24.8 Å². The Morgan fingerprint density at radius 2 is 1.04 bits per heavy atom. The fraction of sp³-hybridized carbons (Fsp3) is 0.848. The van der Waals surface area contributed by atoms with Gasteiger partial charge in [0.25, 0.3) is 0 Å². The van der Waals surface area contributed by atoms with Gasteiger partial charge in [-0.1, -0.05) is 104 Å². The molecule has 0 aliphatic heterocycles. The van der Waals surface area contributed by atoms with Crippen LogP contribution in [0.1, 0.15) is 149 Å². The number of carboxylic acids is 1. The number of unbranched alkanes of at least 4 members (excludes halogenated alkanes) is 15. The van der Waals surface area contributed by atoms with Crippen LogP contribution >= 0.6 is 45.5 Å². The molecule has 0 aromatic heterocycles. The number of ether oxygens (including phenoxy) is 4. The molecule has 0 rings (SSSR count). The minimum Gasteiger partial charge on any atom is -0.480 e. The van der Waals surface area contributed by atoms with Crippen molar-refractivity contribution in [2.45, 2.75) is 155 Å². The zero-order chi connectivity index (χ0) is 53.0. The third kappa shape index (κ3) is 90.6. The maximum absolute atomic E-state index is 11.8. The first-order valence-corrected chi connectivity index (χ1v) is 26.1. The predicted molar refractivity (Wildman–Crippen MR) is 286 cm³/mol. The highest BCUT2D eigenvalue weighted by Gasteiger charge is 2.18. The topological polar surface area (TPSA) is 297 Å². The van der Waals surface area contributed by atoms with Crippen LogP contribution in [-0.2, 0) is 52.5 Å². The summed E-state index contributed by atoms with van der Waals surface area (Å²) >= 11 is 3.66. The number of amides is 2. The Kier molecular flexibility index (Phi) is 96.9. The van der Waals surface area contributed by atoms with Gasteiger partial charge in [0.15, 0.2) is 0 Å². The number of aliphatic hydroxyl groups excluding tert-OH is 1. The van der Waals surface area contributed by atoms with E-state index in [0.717, 1.165) is 52.2 Å². The number of carbonyl (C=O) groups is 7. The second-order valence-electron chi connectivity index (χ2n) is 14.0. The van der Waals surface area contributed by atoms with Crippen LogP contribution in [0.4, 0.5) is 0 Å². The van der Waals surface area contributed by atoms with E-state index in [9.17, 15) is 33.6 Å². The third-order valence-corrected chi connectivity index (χ3v) is 9.16. The van der Waals surface area contributed by atoms with Gasteiger partial charge in [0, 0.05) is 84.9 Å². The molecule has 0 aromatic carbocycles. The van der Waals surface area contributed by atoms with Crippen LogP contribution in [-0.4, -0.2) is 167 Å². The molecule has 22 heteroatoms. The minimum absolute atomic E-state index is 0.0117. The summed E-state index contributed by atoms with van der Waals surface area (Å²) in [6, 6.07) is -0.963. The van der Waals surface area contributed by atoms with Gasteiger partial charge in [0.05, 0.1) is 46.2 Å². The molecule has 0 bridgehead atoms. The monoisotopic (exact) mass is 1210 g/mol. The summed E-state index contributed by atoms with van der Waals surface area (Å²) in [6.45, 7) is 11.7. The van der Waals surface area contributed by atoms with Crippen molar-refractivity contribution in [2.75, 3.05) is 100 Å². The molecular formula is C46H95I2N5O15. The van der Waals surface area contributed by atoms with E-state index in [1.165, 1.54) is 77.0 Å². The SMILES string of the molecule is CC.CCCCNC.CNCCOCCOCC(=O)NCCOCCOCC=O.CO.O=C(I)CNI.O=CCCCCCCCCCCCCCCCCC(=O)NC(CCC=O)C(=O)O.OO. The zero-order valence-corrected chi connectivity index (χ0v) is 46.8. The second kappa shape index (κ2) is 82.1. The van der Waals surface area contributed by atoms with Crippen LogP contribution in [0.5, 0.6) is 0 Å². The molecule has 0 aromatic rings. The highest BCUT2D eigenvalue weighted by molar-refractivity contribution is 14.1. The summed E-state index contributed by atoms with van der Waals surface area (Å²) in [6.07, 6.45) is 22.9. The molecule has 408 valence electrons. The van der Waals surface area contributed by atoms with E-state index in [0.29, 0.717) is 78.1 Å². The van der Waals surface area contributed by atoms with Gasteiger partial charge in [-0.05, 0) is 46.3 Å². The van der Waals surface area contributed by atoms with Crippen LogP contribution in [0.15, 0.2) is 0 Å². The molecule has 0 radical (unpaired) electrons. The summed E-state index contributed by atoms with van der Waals surface area (Å²) in [7, 11) is 4.84. The lowest BCUT2D eigenvalue weighted by Gasteiger charge is -2.13. The van der Waals surface area contributed by atoms with Crippen LogP contribution in [0.25, 0.3) is 0 Å². The summed E-state index contributed by atoms with van der Waals surface area (Å²) < 4.78 is 23.3. The zero-order valence-electron chi connectivity index (χ0n) is 42.5. The molecule has 0 saturated carbocycles. The highest BCUT2D eigenvalue weighted by atomic mass is 127. The van der Waals surface area contributed by atoms with Crippen molar-refractivity contribution < 1.29 is 73.2 Å². The van der Waals surface area contributed by atoms with E-state index in [1.54, 1.807) is 22.6 Å². The van der Waals surface area contributed by atoms with E-state index < -0.39 is 12.0 Å². The van der Waals surface area contributed by atoms with Crippen molar-refractivity contribution in [3.8, 4) is 0 Å². The maximum Gasteiger partial charge on any atom is 0.326 e. The number of halogens is 2. The normalized spacial score (nSPS) is 10.0. The first-order valence-electron chi connectivity index (χ1n) is 24.0. The van der Waals surface area contributed by atoms with E-state index in [-0.39, 0.29) is 41.7 Å². The molecule has 0 aliphatic rings. The molecule has 1 atom stereocenters. The quantitative estimate of drug-likeness (QED) is 0.00633. The molecule has 2 amide bonds. The number of aliphatic hydroxyl groups is 1. The van der Waals surface area contributed by atoms with Gasteiger partial charge in [0.1, 0.15) is 38.1 Å². The van der Waals surface area contributed by atoms with E-state index in [2.05, 4.69) is 31.7 Å². The fourth-order valence-electron chi connectivity index (χ4n) is 5.02. The van der Waals surface area contributed by atoms with E-state index in [4.69, 9.17) is 39.7 Å². The minimum atomic E-state index is -1.09. The molecule has 0 saturated heterocycles. The second-order valence-corrected chi connectivity index (χ2v) is 15.9. The number of likely N-dealkylation sites (N-methyl/N-ethyl adjacent to an activating group) is 1. The molecule has 1 unspecified atom stereocenters. The summed E-state index contributed by atoms with van der Waals surface area (Å²) in [5.41, 5.74) is 0. The van der Waals surface area contributed by atoms with Gasteiger partial charge in [-0.15, -0.1) is 0 Å². The molecule has 9 N–H and O–H groups in total. The number of aliphatic carboxylic acids is 1. The van der Waals surface area contributed by atoms with E-state index >= 15 is 0 Å². The number of rotatable bonds is 43. The maximum atomic E-state index is 11.8. The molecule has 0 spiro atoms. The molecule has 0 aliphatic carbocycles. The van der Waals surface area contributed by atoms with Gasteiger partial charge in [-0.3, -0.25) is 28.4 Å². The average molecular weight is 1210 g/mol. The first-order chi connectivity index (χ1) is 33.1. The Hall–Kier alpha value is -1.85. The number of hydrogen-bond acceptors (Lipinski definition) is 17. The predicted octanol–water partition coefficient (Wildman–Crippen LogP) is 6.11. The molecular weight excluding hydrogens is 1120 g/mol. The lowest BCUT2D eigenvalue weighted by Crippen LogP contribution is -2.40. The Morgan fingerprint density at radius 3 is 1.44 bits per heavy atom. The molecule has 0 heterocycles. The first kappa shape index (κ1) is 80.3. The number of carbonyl (C=O) groups excluding carboxylic acids is 6. The lowest BCUT2D eigenvalue weighted by atomic mass is 10.0. The molecule has 20 nitrogen and oxygen atoms in total. The largest absolute Gasteiger partial charge is 0.480 e. The summed E-state index contributed by atoms with van der Waals surface area (Å²) in [5.74, 6) is -1.52. The summed E-state index contributed by atoms with van der Waals surface area (Å²) in [5, 5.41) is 39.2. The summed E-state index contributed by atoms with van der Waals surface area (Å²) in [4.78, 5) is 74.6. The fourth-order valence-corrected chi connectivity index (χ4v) is 6.29. The van der Waals surface area contributed by atoms with Gasteiger partial charge >= 0.3 is 5.97 Å². The van der Waals surface area contributed by atoms with Crippen molar-refractivity contribution in [1.29, 1.82) is 0 Å². The number of aldehydes is 3. The number of carboxylic acid groups (broad SMARTS) is 1. The smallest absolute Gasteiger partial charge is 0.326 e. The number of nitrogens with one attached hydrogen (secondary N) is 5. The third-order valence-electron chi connectivity index (χ3n) is 8.40. The standard InChI is InChI=1S/C23H41NO5.C13H26N2O6.C5H13N.C2H3I2NO.C2H6.CH4O.H2O2/c25-19-15-13-11-9-7-5-3-1-2-4-6-8-10-12-14-18-22(27)24-21(23(28)29)17-16-20-26;1-14-2-5-18-10-11-21-12-13(17)15-3-6-19-8-9-20-7-4-16;1-3-4-5-6-2;3-2(6)1-5-4;3*1-2/h19-21H,1-18H2,(H,24,27)(H,28,29);4,14H,2-3,5-12H2,1H3,(H,15,17);6H,3-5H2,1-2H3;5H,1H2;1-2H3;2H,1H3;1-2H. The van der Waals surface area contributed by atoms with Crippen molar-refractivity contribution >= 4 is 85.9 Å². The lowest BCUT2D eigenvalue weighted by molar-refractivity contribution is -0.176. The Balaban J connectivity index is -0.000000165. The van der Waals surface area contributed by atoms with E-state index in [1.807, 2.05) is 50.8 Å².